The minimum absolute atomic E-state index is 0.213. The van der Waals surface area contributed by atoms with Crippen molar-refractivity contribution in [2.24, 2.45) is 0 Å². The third kappa shape index (κ3) is 4.04. The van der Waals surface area contributed by atoms with Crippen molar-refractivity contribution in [2.45, 2.75) is 56.7 Å². The van der Waals surface area contributed by atoms with Gasteiger partial charge in [-0.15, -0.1) is 0 Å². The summed E-state index contributed by atoms with van der Waals surface area (Å²) in [4.78, 5) is 14.0. The van der Waals surface area contributed by atoms with Gasteiger partial charge >= 0.3 is 0 Å². The summed E-state index contributed by atoms with van der Waals surface area (Å²) in [6.07, 6.45) is 7.18. The van der Waals surface area contributed by atoms with Gasteiger partial charge in [0.05, 0.1) is 21.4 Å². The number of hydrogen-bond acceptors (Lipinski definition) is 6. The Labute approximate surface area is 189 Å². The highest BCUT2D eigenvalue weighted by Gasteiger charge is 2.27. The molecule has 0 radical (unpaired) electrons. The van der Waals surface area contributed by atoms with Crippen molar-refractivity contribution >= 4 is 60.5 Å². The Kier molecular flexibility index (Phi) is 5.40. The van der Waals surface area contributed by atoms with Crippen molar-refractivity contribution in [3.63, 3.8) is 0 Å². The van der Waals surface area contributed by atoms with Gasteiger partial charge in [-0.3, -0.25) is 0 Å². The van der Waals surface area contributed by atoms with Gasteiger partial charge < -0.3 is 20.3 Å². The first-order valence-electron chi connectivity index (χ1n) is 10.1. The van der Waals surface area contributed by atoms with Gasteiger partial charge in [-0.05, 0) is 82.5 Å². The van der Waals surface area contributed by atoms with Crippen molar-refractivity contribution in [1.82, 2.24) is 19.5 Å². The summed E-state index contributed by atoms with van der Waals surface area (Å²) in [6.45, 7) is 0. The highest BCUT2D eigenvalue weighted by atomic mass is 79.9. The zero-order chi connectivity index (χ0) is 20.8. The molecule has 2 aliphatic rings. The monoisotopic (exact) mass is 538 g/mol. The molecule has 0 amide bonds. The molecule has 158 valence electrons. The molecule has 5 rings (SSSR count). The van der Waals surface area contributed by atoms with Crippen LogP contribution in [0, 0.1) is 5.82 Å². The maximum Gasteiger partial charge on any atom is 0.227 e. The Balaban J connectivity index is 1.51. The normalized spacial score (nSPS) is 21.7. The third-order valence-corrected chi connectivity index (χ3v) is 6.79. The van der Waals surface area contributed by atoms with E-state index in [1.165, 1.54) is 0 Å². The number of halogens is 3. The fraction of sp³-hybridized carbons (Fsp3) is 0.450. The minimum atomic E-state index is -0.353. The summed E-state index contributed by atoms with van der Waals surface area (Å²) in [6, 6.07) is 4.00. The lowest BCUT2D eigenvalue weighted by molar-refractivity contribution is 0.126. The van der Waals surface area contributed by atoms with E-state index in [9.17, 15) is 9.50 Å². The summed E-state index contributed by atoms with van der Waals surface area (Å²) in [7, 11) is 0. The molecule has 0 aliphatic heterocycles. The molecule has 2 saturated carbocycles. The Bertz CT molecular complexity index is 1070. The average molecular weight is 540 g/mol. The number of benzene rings is 1. The molecule has 0 bridgehead atoms. The molecular weight excluding hydrogens is 519 g/mol. The highest BCUT2D eigenvalue weighted by Crippen LogP contribution is 2.38. The first-order valence-corrected chi connectivity index (χ1v) is 11.7. The summed E-state index contributed by atoms with van der Waals surface area (Å²) >= 11 is 6.49. The predicted octanol–water partition coefficient (Wildman–Crippen LogP) is 5.28. The van der Waals surface area contributed by atoms with E-state index < -0.39 is 0 Å². The van der Waals surface area contributed by atoms with E-state index in [1.54, 1.807) is 12.1 Å². The number of imidazole rings is 1. The van der Waals surface area contributed by atoms with E-state index in [0.29, 0.717) is 38.0 Å². The van der Waals surface area contributed by atoms with Crippen LogP contribution in [0.2, 0.25) is 0 Å². The number of nitrogens with one attached hydrogen (secondary N) is 2. The van der Waals surface area contributed by atoms with Gasteiger partial charge in [-0.2, -0.15) is 9.97 Å². The molecule has 30 heavy (non-hydrogen) atoms. The molecule has 0 atom stereocenters. The lowest BCUT2D eigenvalue weighted by Crippen LogP contribution is -2.29. The van der Waals surface area contributed by atoms with Crippen molar-refractivity contribution in [3.05, 3.63) is 33.2 Å². The number of nitrogens with zero attached hydrogens (tertiary/aromatic N) is 4. The van der Waals surface area contributed by atoms with E-state index in [2.05, 4.69) is 57.0 Å². The number of aromatic nitrogens is 4. The molecule has 0 unspecified atom stereocenters. The van der Waals surface area contributed by atoms with Crippen LogP contribution < -0.4 is 10.6 Å². The fourth-order valence-electron chi connectivity index (χ4n) is 3.86. The van der Waals surface area contributed by atoms with Crippen LogP contribution in [0.25, 0.3) is 11.2 Å². The highest BCUT2D eigenvalue weighted by molar-refractivity contribution is 9.11. The van der Waals surface area contributed by atoms with Gasteiger partial charge in [0, 0.05) is 17.8 Å². The predicted molar refractivity (Wildman–Crippen MR) is 121 cm³/mol. The van der Waals surface area contributed by atoms with Crippen molar-refractivity contribution in [2.75, 3.05) is 10.6 Å². The number of fused-ring (bicyclic) bond motifs is 1. The summed E-state index contributed by atoms with van der Waals surface area (Å²) in [5.41, 5.74) is 2.15. The topological polar surface area (TPSA) is 87.9 Å². The number of rotatable bonds is 5. The molecule has 2 aliphatic carbocycles. The van der Waals surface area contributed by atoms with Gasteiger partial charge in [0.25, 0.3) is 0 Å². The second-order valence-corrected chi connectivity index (χ2v) is 9.69. The molecule has 3 N–H and O–H groups in total. The van der Waals surface area contributed by atoms with Crippen LogP contribution >= 0.6 is 31.9 Å². The lowest BCUT2D eigenvalue weighted by Gasteiger charge is -2.26. The second kappa shape index (κ2) is 8.05. The van der Waals surface area contributed by atoms with Gasteiger partial charge in [0.1, 0.15) is 0 Å². The van der Waals surface area contributed by atoms with E-state index in [0.717, 1.165) is 44.2 Å². The minimum Gasteiger partial charge on any atom is -0.393 e. The van der Waals surface area contributed by atoms with Gasteiger partial charge in [0.2, 0.25) is 5.95 Å². The second-order valence-electron chi connectivity index (χ2n) is 7.98. The van der Waals surface area contributed by atoms with Crippen LogP contribution in [-0.2, 0) is 0 Å². The quantitative estimate of drug-likeness (QED) is 0.382. The summed E-state index contributed by atoms with van der Waals surface area (Å²) in [5, 5.41) is 16.5. The summed E-state index contributed by atoms with van der Waals surface area (Å²) < 4.78 is 16.8. The van der Waals surface area contributed by atoms with E-state index in [1.807, 2.05) is 6.33 Å². The van der Waals surface area contributed by atoms with Crippen molar-refractivity contribution < 1.29 is 9.50 Å². The first-order chi connectivity index (χ1) is 14.5. The maximum absolute atomic E-state index is 14.0. The Hall–Kier alpha value is -1.78. The van der Waals surface area contributed by atoms with Gasteiger partial charge in [0.15, 0.2) is 22.8 Å². The van der Waals surface area contributed by atoms with E-state index >= 15 is 0 Å². The van der Waals surface area contributed by atoms with Crippen LogP contribution in [0.1, 0.15) is 44.6 Å². The Morgan fingerprint density at radius 1 is 1.03 bits per heavy atom. The van der Waals surface area contributed by atoms with E-state index in [4.69, 9.17) is 4.98 Å². The number of hydrogen-bond donors (Lipinski definition) is 3. The average Bonchev–Trinajstić information content (AvgIpc) is 3.47. The molecular formula is C20H21Br2FN6O. The number of anilines is 3. The zero-order valence-corrected chi connectivity index (χ0v) is 19.2. The van der Waals surface area contributed by atoms with Gasteiger partial charge in [-0.1, -0.05) is 0 Å². The molecule has 1 aromatic carbocycles. The van der Waals surface area contributed by atoms with Crippen molar-refractivity contribution in [1.29, 1.82) is 0 Å². The smallest absolute Gasteiger partial charge is 0.227 e. The molecule has 2 aromatic heterocycles. The molecule has 0 saturated heterocycles. The van der Waals surface area contributed by atoms with Crippen LogP contribution in [0.4, 0.5) is 21.8 Å². The molecule has 0 spiro atoms. The molecule has 2 fully saturated rings. The SMILES string of the molecule is OC1CCC(Nc2nc(Nc3cc(Br)c(F)c(Br)c3)c3ncn(C4CC4)c3n2)CC1. The zero-order valence-electron chi connectivity index (χ0n) is 16.1. The van der Waals surface area contributed by atoms with Crippen molar-refractivity contribution in [3.8, 4) is 0 Å². The molecule has 2 heterocycles. The van der Waals surface area contributed by atoms with E-state index in [-0.39, 0.29) is 18.0 Å². The van der Waals surface area contributed by atoms with Gasteiger partial charge in [-0.25, -0.2) is 9.37 Å². The lowest BCUT2D eigenvalue weighted by atomic mass is 9.93. The number of aliphatic hydroxyl groups excluding tert-OH is 1. The standard InChI is InChI=1S/C20H21Br2FN6O/c21-14-7-11(8-15(22)16(14)23)25-18-17-19(29(9-24-17)12-3-4-12)28-20(27-18)26-10-1-5-13(30)6-2-10/h7-10,12-13,30H,1-6H2,(H2,25,26,27,28). The molecule has 3 aromatic rings. The Morgan fingerprint density at radius 2 is 1.73 bits per heavy atom. The molecule has 10 heteroatoms. The Morgan fingerprint density at radius 3 is 2.40 bits per heavy atom. The van der Waals surface area contributed by atoms with Crippen LogP contribution in [0.15, 0.2) is 27.4 Å². The third-order valence-electron chi connectivity index (χ3n) is 5.64. The van der Waals surface area contributed by atoms with Crippen LogP contribution in [0.3, 0.4) is 0 Å². The largest absolute Gasteiger partial charge is 0.393 e. The van der Waals surface area contributed by atoms with Crippen LogP contribution in [-0.4, -0.2) is 36.8 Å². The fourth-order valence-corrected chi connectivity index (χ4v) is 5.04. The maximum atomic E-state index is 14.0. The molecule has 7 nitrogen and oxygen atoms in total. The first kappa shape index (κ1) is 20.1. The van der Waals surface area contributed by atoms with Crippen LogP contribution in [0.5, 0.6) is 0 Å². The number of aliphatic hydroxyl groups is 1. The summed E-state index contributed by atoms with van der Waals surface area (Å²) in [5.74, 6) is 0.755.